The molecule has 0 aliphatic heterocycles. The third kappa shape index (κ3) is 5.42. The van der Waals surface area contributed by atoms with E-state index in [-0.39, 0.29) is 5.97 Å². The summed E-state index contributed by atoms with van der Waals surface area (Å²) in [5.74, 6) is -0.295. The van der Waals surface area contributed by atoms with Gasteiger partial charge in [-0.25, -0.2) is 4.79 Å². The third-order valence-corrected chi connectivity index (χ3v) is 2.13. The van der Waals surface area contributed by atoms with Gasteiger partial charge in [0.05, 0.1) is 20.6 Å². The maximum atomic E-state index is 11.0. The van der Waals surface area contributed by atoms with Crippen LogP contribution in [0.5, 0.6) is 0 Å². The highest BCUT2D eigenvalue weighted by Gasteiger charge is 2.12. The predicted molar refractivity (Wildman–Crippen MR) is 53.3 cm³/mol. The fourth-order valence-corrected chi connectivity index (χ4v) is 0.667. The molecule has 0 aliphatic carbocycles. The van der Waals surface area contributed by atoms with Crippen LogP contribution in [0.2, 0.25) is 0 Å². The second-order valence-electron chi connectivity index (χ2n) is 3.89. The van der Waals surface area contributed by atoms with Gasteiger partial charge in [-0.1, -0.05) is 6.58 Å². The molecule has 0 radical (unpaired) electrons. The van der Waals surface area contributed by atoms with Gasteiger partial charge >= 0.3 is 5.97 Å². The van der Waals surface area contributed by atoms with Crippen molar-refractivity contribution in [2.45, 2.75) is 13.8 Å². The van der Waals surface area contributed by atoms with Crippen molar-refractivity contribution >= 4 is 5.97 Å². The zero-order chi connectivity index (χ0) is 10.5. The average molecular weight is 186 g/mol. The number of carbonyl (C=O) groups excluding carboxylic acids is 1. The summed E-state index contributed by atoms with van der Waals surface area (Å²) in [5.41, 5.74) is 0.460. The first-order valence-corrected chi connectivity index (χ1v) is 4.53. The number of hydrogen-bond acceptors (Lipinski definition) is 2. The summed E-state index contributed by atoms with van der Waals surface area (Å²) in [4.78, 5) is 11.0. The van der Waals surface area contributed by atoms with E-state index in [4.69, 9.17) is 4.74 Å². The molecule has 0 aromatic rings. The van der Waals surface area contributed by atoms with E-state index in [1.807, 2.05) is 0 Å². The summed E-state index contributed by atoms with van der Waals surface area (Å²) >= 11 is 0. The number of quaternary nitrogens is 1. The van der Waals surface area contributed by atoms with E-state index in [2.05, 4.69) is 27.6 Å². The van der Waals surface area contributed by atoms with Crippen molar-refractivity contribution in [3.05, 3.63) is 12.2 Å². The summed E-state index contributed by atoms with van der Waals surface area (Å²) in [5, 5.41) is 0. The minimum Gasteiger partial charge on any atom is -0.456 e. The number of nitrogens with zero attached hydrogens (tertiary/aromatic N) is 1. The lowest BCUT2D eigenvalue weighted by molar-refractivity contribution is -0.888. The van der Waals surface area contributed by atoms with Crippen molar-refractivity contribution in [3.63, 3.8) is 0 Å². The molecule has 0 amide bonds. The third-order valence-electron chi connectivity index (χ3n) is 2.13. The summed E-state index contributed by atoms with van der Waals surface area (Å²) in [6, 6.07) is 0. The Bertz CT molecular complexity index is 197. The lowest BCUT2D eigenvalue weighted by Gasteiger charge is -2.27. The molecular weight excluding hydrogens is 166 g/mol. The quantitative estimate of drug-likeness (QED) is 0.366. The first kappa shape index (κ1) is 12.2. The second-order valence-corrected chi connectivity index (χ2v) is 3.89. The topological polar surface area (TPSA) is 26.3 Å². The van der Waals surface area contributed by atoms with E-state index in [9.17, 15) is 4.79 Å². The van der Waals surface area contributed by atoms with Crippen molar-refractivity contribution < 1.29 is 14.0 Å². The Morgan fingerprint density at radius 1 is 1.46 bits per heavy atom. The Balaban J connectivity index is 3.68. The van der Waals surface area contributed by atoms with Gasteiger partial charge in [-0.3, -0.25) is 0 Å². The van der Waals surface area contributed by atoms with Crippen molar-refractivity contribution in [1.29, 1.82) is 0 Å². The standard InChI is InChI=1S/C10H20NO2/c1-6-11(4,5)7-8-13-10(12)9(2)3/h2,6-8H2,1,3-5H3/q+1. The highest BCUT2D eigenvalue weighted by atomic mass is 16.5. The Hall–Kier alpha value is -0.830. The number of carbonyl (C=O) groups is 1. The molecule has 0 unspecified atom stereocenters. The second kappa shape index (κ2) is 5.02. The molecule has 0 rings (SSSR count). The van der Waals surface area contributed by atoms with Crippen LogP contribution in [0.15, 0.2) is 12.2 Å². The van der Waals surface area contributed by atoms with E-state index in [0.717, 1.165) is 17.6 Å². The maximum absolute atomic E-state index is 11.0. The summed E-state index contributed by atoms with van der Waals surface area (Å²) < 4.78 is 5.85. The van der Waals surface area contributed by atoms with Crippen molar-refractivity contribution in [2.24, 2.45) is 0 Å². The largest absolute Gasteiger partial charge is 0.456 e. The molecule has 0 aliphatic rings. The molecule has 13 heavy (non-hydrogen) atoms. The minimum absolute atomic E-state index is 0.295. The lowest BCUT2D eigenvalue weighted by Crippen LogP contribution is -2.42. The highest BCUT2D eigenvalue weighted by molar-refractivity contribution is 5.86. The smallest absolute Gasteiger partial charge is 0.333 e. The molecular formula is C10H20NO2+. The van der Waals surface area contributed by atoms with Crippen molar-refractivity contribution in [2.75, 3.05) is 33.8 Å². The van der Waals surface area contributed by atoms with Crippen LogP contribution >= 0.6 is 0 Å². The number of rotatable bonds is 5. The van der Waals surface area contributed by atoms with E-state index in [0.29, 0.717) is 12.2 Å². The van der Waals surface area contributed by atoms with Gasteiger partial charge in [0.1, 0.15) is 13.2 Å². The van der Waals surface area contributed by atoms with E-state index < -0.39 is 0 Å². The van der Waals surface area contributed by atoms with Crippen molar-refractivity contribution in [3.8, 4) is 0 Å². The summed E-state index contributed by atoms with van der Waals surface area (Å²) in [6.07, 6.45) is 0. The van der Waals surface area contributed by atoms with Gasteiger partial charge in [0.25, 0.3) is 0 Å². The molecule has 0 saturated carbocycles. The monoisotopic (exact) mass is 186 g/mol. The van der Waals surface area contributed by atoms with Crippen LogP contribution in [0, 0.1) is 0 Å². The fourth-order valence-electron chi connectivity index (χ4n) is 0.667. The zero-order valence-corrected chi connectivity index (χ0v) is 9.09. The molecule has 0 aromatic heterocycles. The maximum Gasteiger partial charge on any atom is 0.333 e. The molecule has 0 atom stereocenters. The first-order valence-electron chi connectivity index (χ1n) is 4.53. The van der Waals surface area contributed by atoms with Crippen LogP contribution in [0.4, 0.5) is 0 Å². The van der Waals surface area contributed by atoms with Crippen LogP contribution in [0.25, 0.3) is 0 Å². The van der Waals surface area contributed by atoms with Crippen LogP contribution in [0.1, 0.15) is 13.8 Å². The van der Waals surface area contributed by atoms with E-state index in [1.54, 1.807) is 6.92 Å². The first-order chi connectivity index (χ1) is 5.89. The van der Waals surface area contributed by atoms with E-state index >= 15 is 0 Å². The number of likely N-dealkylation sites (N-methyl/N-ethyl adjacent to an activating group) is 1. The minimum atomic E-state index is -0.295. The number of esters is 1. The molecule has 0 spiro atoms. The summed E-state index contributed by atoms with van der Waals surface area (Å²) in [6.45, 7) is 9.62. The molecule has 0 fully saturated rings. The average Bonchev–Trinajstić information content (AvgIpc) is 2.04. The Kier molecular flexibility index (Phi) is 4.70. The van der Waals surface area contributed by atoms with Gasteiger partial charge in [-0.05, 0) is 13.8 Å². The molecule has 76 valence electrons. The molecule has 0 saturated heterocycles. The van der Waals surface area contributed by atoms with Gasteiger partial charge in [-0.15, -0.1) is 0 Å². The van der Waals surface area contributed by atoms with Gasteiger partial charge < -0.3 is 9.22 Å². The zero-order valence-electron chi connectivity index (χ0n) is 9.09. The number of ether oxygens (including phenoxy) is 1. The van der Waals surface area contributed by atoms with Gasteiger partial charge in [0.2, 0.25) is 0 Å². The molecule has 0 aromatic carbocycles. The van der Waals surface area contributed by atoms with Gasteiger partial charge in [0.15, 0.2) is 0 Å². The number of hydrogen-bond donors (Lipinski definition) is 0. The Morgan fingerprint density at radius 3 is 2.38 bits per heavy atom. The highest BCUT2D eigenvalue weighted by Crippen LogP contribution is 1.97. The fraction of sp³-hybridized carbons (Fsp3) is 0.700. The van der Waals surface area contributed by atoms with Gasteiger partial charge in [-0.2, -0.15) is 0 Å². The molecule has 0 N–H and O–H groups in total. The molecule has 0 bridgehead atoms. The Morgan fingerprint density at radius 2 is 2.00 bits per heavy atom. The SMILES string of the molecule is C=C(C)C(=O)OCC[N+](C)(C)CC. The van der Waals surface area contributed by atoms with Crippen LogP contribution in [-0.2, 0) is 9.53 Å². The molecule has 0 heterocycles. The molecule has 3 heteroatoms. The van der Waals surface area contributed by atoms with Crippen LogP contribution < -0.4 is 0 Å². The Labute approximate surface area is 80.6 Å². The summed E-state index contributed by atoms with van der Waals surface area (Å²) in [7, 11) is 4.21. The van der Waals surface area contributed by atoms with Crippen LogP contribution in [0.3, 0.4) is 0 Å². The lowest BCUT2D eigenvalue weighted by atomic mass is 10.4. The van der Waals surface area contributed by atoms with Crippen molar-refractivity contribution in [1.82, 2.24) is 0 Å². The normalized spacial score (nSPS) is 11.1. The van der Waals surface area contributed by atoms with Gasteiger partial charge in [0, 0.05) is 5.57 Å². The molecule has 3 nitrogen and oxygen atoms in total. The van der Waals surface area contributed by atoms with Crippen LogP contribution in [-0.4, -0.2) is 44.2 Å². The van der Waals surface area contributed by atoms with E-state index in [1.165, 1.54) is 0 Å². The predicted octanol–water partition coefficient (Wildman–Crippen LogP) is 1.20.